The zero-order valence-corrected chi connectivity index (χ0v) is 12.3. The highest BCUT2D eigenvalue weighted by Crippen LogP contribution is 2.21. The molecule has 0 saturated heterocycles. The molecular formula is C17H19FN2O. The van der Waals surface area contributed by atoms with Crippen LogP contribution in [0.2, 0.25) is 0 Å². The quantitative estimate of drug-likeness (QED) is 0.916. The van der Waals surface area contributed by atoms with Gasteiger partial charge in [-0.2, -0.15) is 0 Å². The predicted molar refractivity (Wildman–Crippen MR) is 82.7 cm³/mol. The van der Waals surface area contributed by atoms with Crippen molar-refractivity contribution >= 4 is 5.91 Å². The average molecular weight is 286 g/mol. The summed E-state index contributed by atoms with van der Waals surface area (Å²) in [5, 5.41) is 2.87. The van der Waals surface area contributed by atoms with Gasteiger partial charge in [0.1, 0.15) is 5.82 Å². The van der Waals surface area contributed by atoms with E-state index in [1.54, 1.807) is 24.3 Å². The van der Waals surface area contributed by atoms with Crippen LogP contribution in [-0.4, -0.2) is 38.0 Å². The highest BCUT2D eigenvalue weighted by molar-refractivity contribution is 5.95. The minimum Gasteiger partial charge on any atom is -0.351 e. The van der Waals surface area contributed by atoms with Crippen molar-refractivity contribution in [3.63, 3.8) is 0 Å². The molecule has 1 amide bonds. The topological polar surface area (TPSA) is 32.3 Å². The summed E-state index contributed by atoms with van der Waals surface area (Å²) in [6, 6.07) is 13.6. The van der Waals surface area contributed by atoms with Crippen LogP contribution in [0.3, 0.4) is 0 Å². The van der Waals surface area contributed by atoms with E-state index in [-0.39, 0.29) is 11.7 Å². The molecule has 21 heavy (non-hydrogen) atoms. The van der Waals surface area contributed by atoms with Crippen LogP contribution >= 0.6 is 0 Å². The smallest absolute Gasteiger partial charge is 0.251 e. The van der Waals surface area contributed by atoms with E-state index in [1.165, 1.54) is 12.1 Å². The van der Waals surface area contributed by atoms with Gasteiger partial charge in [-0.25, -0.2) is 4.39 Å². The molecular weight excluding hydrogens is 267 g/mol. The third-order valence-electron chi connectivity index (χ3n) is 3.13. The lowest BCUT2D eigenvalue weighted by Crippen LogP contribution is -2.31. The summed E-state index contributed by atoms with van der Waals surface area (Å²) in [5.41, 5.74) is 2.17. The number of carbonyl (C=O) groups is 1. The van der Waals surface area contributed by atoms with Crippen molar-refractivity contribution in [3.05, 3.63) is 59.9 Å². The summed E-state index contributed by atoms with van der Waals surface area (Å²) in [5.74, 6) is -0.400. The Morgan fingerprint density at radius 2 is 1.76 bits per heavy atom. The molecule has 0 fully saturated rings. The fourth-order valence-electron chi connectivity index (χ4n) is 2.00. The standard InChI is InChI=1S/C17H19FN2O/c1-20(2)10-9-19-17(21)15-7-3-5-13(11-15)14-6-4-8-16(18)12-14/h3-8,11-12H,9-10H2,1-2H3,(H,19,21). The highest BCUT2D eigenvalue weighted by atomic mass is 19.1. The fourth-order valence-corrected chi connectivity index (χ4v) is 2.00. The van der Waals surface area contributed by atoms with Crippen LogP contribution < -0.4 is 5.32 Å². The molecule has 0 saturated carbocycles. The maximum atomic E-state index is 13.3. The van der Waals surface area contributed by atoms with Crippen LogP contribution in [-0.2, 0) is 0 Å². The zero-order valence-electron chi connectivity index (χ0n) is 12.3. The molecule has 0 atom stereocenters. The molecule has 0 unspecified atom stereocenters. The minimum atomic E-state index is -0.284. The second-order valence-corrected chi connectivity index (χ2v) is 5.15. The molecule has 2 aromatic carbocycles. The first kappa shape index (κ1) is 15.2. The molecule has 4 heteroatoms. The van der Waals surface area contributed by atoms with Gasteiger partial charge < -0.3 is 10.2 Å². The van der Waals surface area contributed by atoms with Crippen molar-refractivity contribution in [2.24, 2.45) is 0 Å². The van der Waals surface area contributed by atoms with Gasteiger partial charge in [-0.3, -0.25) is 4.79 Å². The second kappa shape index (κ2) is 6.99. The van der Waals surface area contributed by atoms with E-state index in [2.05, 4.69) is 5.32 Å². The first-order chi connectivity index (χ1) is 10.1. The van der Waals surface area contributed by atoms with E-state index in [1.807, 2.05) is 31.1 Å². The lowest BCUT2D eigenvalue weighted by molar-refractivity contribution is 0.0951. The van der Waals surface area contributed by atoms with Gasteiger partial charge in [0.25, 0.3) is 5.91 Å². The summed E-state index contributed by atoms with van der Waals surface area (Å²) in [7, 11) is 3.91. The third kappa shape index (κ3) is 4.39. The molecule has 0 aliphatic rings. The van der Waals surface area contributed by atoms with E-state index >= 15 is 0 Å². The number of likely N-dealkylation sites (N-methyl/N-ethyl adjacent to an activating group) is 1. The van der Waals surface area contributed by atoms with Crippen LogP contribution in [0.15, 0.2) is 48.5 Å². The van der Waals surface area contributed by atoms with E-state index in [0.717, 1.165) is 17.7 Å². The van der Waals surface area contributed by atoms with Crippen molar-refractivity contribution in [1.82, 2.24) is 10.2 Å². The van der Waals surface area contributed by atoms with Gasteiger partial charge in [0.05, 0.1) is 0 Å². The number of hydrogen-bond acceptors (Lipinski definition) is 2. The first-order valence-corrected chi connectivity index (χ1v) is 6.85. The van der Waals surface area contributed by atoms with Crippen LogP contribution in [0.1, 0.15) is 10.4 Å². The summed E-state index contributed by atoms with van der Waals surface area (Å²) in [6.45, 7) is 1.38. The number of rotatable bonds is 5. The van der Waals surface area contributed by atoms with Crippen LogP contribution in [0, 0.1) is 5.82 Å². The van der Waals surface area contributed by atoms with E-state index in [9.17, 15) is 9.18 Å². The number of halogens is 1. The second-order valence-electron chi connectivity index (χ2n) is 5.15. The molecule has 0 aromatic heterocycles. The van der Waals surface area contributed by atoms with Gasteiger partial charge in [0.2, 0.25) is 0 Å². The van der Waals surface area contributed by atoms with Gasteiger partial charge in [0, 0.05) is 18.7 Å². The predicted octanol–water partition coefficient (Wildman–Crippen LogP) is 2.78. The lowest BCUT2D eigenvalue weighted by Gasteiger charge is -2.11. The Morgan fingerprint density at radius 3 is 2.43 bits per heavy atom. The zero-order chi connectivity index (χ0) is 15.2. The fraction of sp³-hybridized carbons (Fsp3) is 0.235. The highest BCUT2D eigenvalue weighted by Gasteiger charge is 2.07. The molecule has 0 bridgehead atoms. The first-order valence-electron chi connectivity index (χ1n) is 6.85. The number of amides is 1. The Morgan fingerprint density at radius 1 is 1.10 bits per heavy atom. The molecule has 0 aliphatic heterocycles. The number of benzene rings is 2. The summed E-state index contributed by atoms with van der Waals surface area (Å²) in [4.78, 5) is 14.1. The minimum absolute atomic E-state index is 0.116. The maximum Gasteiger partial charge on any atom is 0.251 e. The number of hydrogen-bond donors (Lipinski definition) is 1. The molecule has 0 radical (unpaired) electrons. The Balaban J connectivity index is 2.12. The molecule has 1 N–H and O–H groups in total. The molecule has 0 spiro atoms. The van der Waals surface area contributed by atoms with Crippen LogP contribution in [0.4, 0.5) is 4.39 Å². The number of nitrogens with one attached hydrogen (secondary N) is 1. The SMILES string of the molecule is CN(C)CCNC(=O)c1cccc(-c2cccc(F)c2)c1. The number of carbonyl (C=O) groups excluding carboxylic acids is 1. The van der Waals surface area contributed by atoms with Crippen molar-refractivity contribution in [2.45, 2.75) is 0 Å². The molecule has 2 rings (SSSR count). The molecule has 2 aromatic rings. The Bertz CT molecular complexity index is 626. The monoisotopic (exact) mass is 286 g/mol. The Hall–Kier alpha value is -2.20. The van der Waals surface area contributed by atoms with Crippen molar-refractivity contribution in [3.8, 4) is 11.1 Å². The molecule has 0 aliphatic carbocycles. The van der Waals surface area contributed by atoms with E-state index < -0.39 is 0 Å². The van der Waals surface area contributed by atoms with Crippen molar-refractivity contribution in [1.29, 1.82) is 0 Å². The molecule has 3 nitrogen and oxygen atoms in total. The normalized spacial score (nSPS) is 10.7. The summed E-state index contributed by atoms with van der Waals surface area (Å²) >= 11 is 0. The number of nitrogens with zero attached hydrogens (tertiary/aromatic N) is 1. The van der Waals surface area contributed by atoms with Crippen LogP contribution in [0.5, 0.6) is 0 Å². The van der Waals surface area contributed by atoms with Gasteiger partial charge in [0.15, 0.2) is 0 Å². The van der Waals surface area contributed by atoms with E-state index in [4.69, 9.17) is 0 Å². The van der Waals surface area contributed by atoms with Crippen molar-refractivity contribution in [2.75, 3.05) is 27.2 Å². The summed E-state index contributed by atoms with van der Waals surface area (Å²) < 4.78 is 13.3. The van der Waals surface area contributed by atoms with Gasteiger partial charge in [-0.1, -0.05) is 24.3 Å². The molecule has 0 heterocycles. The lowest BCUT2D eigenvalue weighted by atomic mass is 10.0. The Labute approximate surface area is 124 Å². The Kier molecular flexibility index (Phi) is 5.06. The summed E-state index contributed by atoms with van der Waals surface area (Å²) in [6.07, 6.45) is 0. The maximum absolute atomic E-state index is 13.3. The third-order valence-corrected chi connectivity index (χ3v) is 3.13. The van der Waals surface area contributed by atoms with Gasteiger partial charge in [-0.05, 0) is 49.5 Å². The van der Waals surface area contributed by atoms with Crippen LogP contribution in [0.25, 0.3) is 11.1 Å². The van der Waals surface area contributed by atoms with Crippen molar-refractivity contribution < 1.29 is 9.18 Å². The van der Waals surface area contributed by atoms with E-state index in [0.29, 0.717) is 12.1 Å². The van der Waals surface area contributed by atoms with Gasteiger partial charge >= 0.3 is 0 Å². The molecule has 110 valence electrons. The average Bonchev–Trinajstić information content (AvgIpc) is 2.47. The largest absolute Gasteiger partial charge is 0.351 e. The van der Waals surface area contributed by atoms with Gasteiger partial charge in [-0.15, -0.1) is 0 Å².